The minimum atomic E-state index is 0.546. The molecule has 0 atom stereocenters. The Balaban J connectivity index is 2.63. The van der Waals surface area contributed by atoms with Crippen LogP contribution in [0.3, 0.4) is 0 Å². The lowest BCUT2D eigenvalue weighted by molar-refractivity contribution is 0.764. The summed E-state index contributed by atoms with van der Waals surface area (Å²) in [5.41, 5.74) is 2.93. The molecule has 0 aliphatic carbocycles. The molecule has 1 aromatic carbocycles. The molecule has 0 fully saturated rings. The summed E-state index contributed by atoms with van der Waals surface area (Å²) in [6.45, 7) is 1.95. The average Bonchev–Trinajstić information content (AvgIpc) is 2.47. The SMILES string of the molecule is Cc1nn(C)c(-c2ccc(Cl)c(Cl)c2)c1Br. The highest BCUT2D eigenvalue weighted by Gasteiger charge is 2.13. The Morgan fingerprint density at radius 1 is 1.25 bits per heavy atom. The molecule has 0 aliphatic rings. The topological polar surface area (TPSA) is 17.8 Å². The highest BCUT2D eigenvalue weighted by atomic mass is 79.9. The van der Waals surface area contributed by atoms with E-state index in [2.05, 4.69) is 21.0 Å². The van der Waals surface area contributed by atoms with Crippen LogP contribution in [0.15, 0.2) is 22.7 Å². The monoisotopic (exact) mass is 318 g/mol. The molecular formula is C11H9BrCl2N2. The number of aryl methyl sites for hydroxylation is 2. The van der Waals surface area contributed by atoms with Gasteiger partial charge in [-0.15, -0.1) is 0 Å². The Kier molecular flexibility index (Phi) is 3.29. The third-order valence-corrected chi connectivity index (χ3v) is 4.03. The van der Waals surface area contributed by atoms with E-state index in [1.165, 1.54) is 0 Å². The molecule has 0 radical (unpaired) electrons. The van der Waals surface area contributed by atoms with Gasteiger partial charge in [0, 0.05) is 12.6 Å². The summed E-state index contributed by atoms with van der Waals surface area (Å²) in [5, 5.41) is 5.43. The van der Waals surface area contributed by atoms with Crippen molar-refractivity contribution in [3.8, 4) is 11.3 Å². The number of hydrogen-bond donors (Lipinski definition) is 0. The van der Waals surface area contributed by atoms with Gasteiger partial charge < -0.3 is 0 Å². The molecular weight excluding hydrogens is 311 g/mol. The summed E-state index contributed by atoms with van der Waals surface area (Å²) < 4.78 is 2.80. The molecule has 2 nitrogen and oxygen atoms in total. The zero-order chi connectivity index (χ0) is 11.9. The van der Waals surface area contributed by atoms with Crippen molar-refractivity contribution in [3.05, 3.63) is 38.4 Å². The van der Waals surface area contributed by atoms with Crippen molar-refractivity contribution < 1.29 is 0 Å². The molecule has 16 heavy (non-hydrogen) atoms. The van der Waals surface area contributed by atoms with E-state index in [0.717, 1.165) is 21.4 Å². The molecule has 1 aromatic heterocycles. The quantitative estimate of drug-likeness (QED) is 0.758. The maximum atomic E-state index is 6.00. The number of benzene rings is 1. The molecule has 2 aromatic rings. The van der Waals surface area contributed by atoms with E-state index in [1.807, 2.05) is 30.8 Å². The zero-order valence-electron chi connectivity index (χ0n) is 8.76. The van der Waals surface area contributed by atoms with E-state index in [0.29, 0.717) is 10.0 Å². The summed E-state index contributed by atoms with van der Waals surface area (Å²) >= 11 is 15.4. The minimum Gasteiger partial charge on any atom is -0.266 e. The van der Waals surface area contributed by atoms with E-state index in [9.17, 15) is 0 Å². The van der Waals surface area contributed by atoms with Gasteiger partial charge in [-0.1, -0.05) is 29.3 Å². The Morgan fingerprint density at radius 2 is 1.94 bits per heavy atom. The smallest absolute Gasteiger partial charge is 0.0824 e. The van der Waals surface area contributed by atoms with Crippen LogP contribution in [-0.2, 0) is 7.05 Å². The zero-order valence-corrected chi connectivity index (χ0v) is 11.9. The van der Waals surface area contributed by atoms with Crippen molar-refractivity contribution in [2.75, 3.05) is 0 Å². The summed E-state index contributed by atoms with van der Waals surface area (Å²) in [6.07, 6.45) is 0. The second-order valence-electron chi connectivity index (χ2n) is 3.50. The van der Waals surface area contributed by atoms with E-state index < -0.39 is 0 Å². The molecule has 2 rings (SSSR count). The molecule has 1 heterocycles. The van der Waals surface area contributed by atoms with E-state index in [4.69, 9.17) is 23.2 Å². The first-order valence-electron chi connectivity index (χ1n) is 4.65. The molecule has 0 amide bonds. The van der Waals surface area contributed by atoms with Crippen molar-refractivity contribution in [1.29, 1.82) is 0 Å². The molecule has 0 N–H and O–H groups in total. The van der Waals surface area contributed by atoms with Crippen LogP contribution in [0.5, 0.6) is 0 Å². The highest BCUT2D eigenvalue weighted by Crippen LogP contribution is 2.33. The Bertz CT molecular complexity index is 549. The lowest BCUT2D eigenvalue weighted by atomic mass is 10.1. The van der Waals surface area contributed by atoms with E-state index in [-0.39, 0.29) is 0 Å². The Morgan fingerprint density at radius 3 is 2.44 bits per heavy atom. The summed E-state index contributed by atoms with van der Waals surface area (Å²) in [4.78, 5) is 0. The van der Waals surface area contributed by atoms with Gasteiger partial charge in [0.05, 0.1) is 25.9 Å². The Labute approximate surface area is 112 Å². The first-order chi connectivity index (χ1) is 7.50. The molecule has 84 valence electrons. The fourth-order valence-electron chi connectivity index (χ4n) is 1.59. The molecule has 0 saturated carbocycles. The van der Waals surface area contributed by atoms with Gasteiger partial charge in [-0.3, -0.25) is 4.68 Å². The van der Waals surface area contributed by atoms with Gasteiger partial charge in [0.1, 0.15) is 0 Å². The second kappa shape index (κ2) is 4.40. The van der Waals surface area contributed by atoms with Gasteiger partial charge in [0.15, 0.2) is 0 Å². The van der Waals surface area contributed by atoms with Gasteiger partial charge >= 0.3 is 0 Å². The lowest BCUT2D eigenvalue weighted by Crippen LogP contribution is -1.93. The van der Waals surface area contributed by atoms with Crippen molar-refractivity contribution in [3.63, 3.8) is 0 Å². The van der Waals surface area contributed by atoms with Crippen LogP contribution in [0.25, 0.3) is 11.3 Å². The van der Waals surface area contributed by atoms with Crippen LogP contribution in [0.2, 0.25) is 10.0 Å². The van der Waals surface area contributed by atoms with Crippen molar-refractivity contribution >= 4 is 39.1 Å². The third kappa shape index (κ3) is 1.99. The number of hydrogen-bond acceptors (Lipinski definition) is 1. The number of halogens is 3. The maximum Gasteiger partial charge on any atom is 0.0824 e. The van der Waals surface area contributed by atoms with Gasteiger partial charge in [-0.05, 0) is 35.0 Å². The molecule has 0 aliphatic heterocycles. The van der Waals surface area contributed by atoms with Crippen LogP contribution in [0.1, 0.15) is 5.69 Å². The molecule has 5 heteroatoms. The number of nitrogens with zero attached hydrogens (tertiary/aromatic N) is 2. The van der Waals surface area contributed by atoms with E-state index >= 15 is 0 Å². The molecule has 0 unspecified atom stereocenters. The first kappa shape index (κ1) is 12.0. The van der Waals surface area contributed by atoms with Crippen LogP contribution < -0.4 is 0 Å². The van der Waals surface area contributed by atoms with Crippen molar-refractivity contribution in [1.82, 2.24) is 9.78 Å². The second-order valence-corrected chi connectivity index (χ2v) is 5.11. The maximum absolute atomic E-state index is 6.00. The van der Waals surface area contributed by atoms with Gasteiger partial charge in [0.2, 0.25) is 0 Å². The molecule has 0 bridgehead atoms. The predicted molar refractivity (Wildman–Crippen MR) is 71.1 cm³/mol. The summed E-state index contributed by atoms with van der Waals surface area (Å²) in [7, 11) is 1.90. The average molecular weight is 320 g/mol. The van der Waals surface area contributed by atoms with Crippen molar-refractivity contribution in [2.45, 2.75) is 6.92 Å². The fraction of sp³-hybridized carbons (Fsp3) is 0.182. The normalized spacial score (nSPS) is 10.8. The minimum absolute atomic E-state index is 0.546. The number of rotatable bonds is 1. The summed E-state index contributed by atoms with van der Waals surface area (Å²) in [6, 6.07) is 5.55. The van der Waals surface area contributed by atoms with Crippen LogP contribution in [-0.4, -0.2) is 9.78 Å². The predicted octanol–water partition coefficient (Wildman–Crippen LogP) is 4.46. The van der Waals surface area contributed by atoms with E-state index in [1.54, 1.807) is 6.07 Å². The van der Waals surface area contributed by atoms with Crippen molar-refractivity contribution in [2.24, 2.45) is 7.05 Å². The first-order valence-corrected chi connectivity index (χ1v) is 6.20. The largest absolute Gasteiger partial charge is 0.266 e. The van der Waals surface area contributed by atoms with Crippen LogP contribution in [0, 0.1) is 6.92 Å². The summed E-state index contributed by atoms with van der Waals surface area (Å²) in [5.74, 6) is 0. The highest BCUT2D eigenvalue weighted by molar-refractivity contribution is 9.10. The van der Waals surface area contributed by atoms with Gasteiger partial charge in [-0.25, -0.2) is 0 Å². The fourth-order valence-corrected chi connectivity index (χ4v) is 2.45. The van der Waals surface area contributed by atoms with Crippen LogP contribution >= 0.6 is 39.1 Å². The standard InChI is InChI=1S/C11H9BrCl2N2/c1-6-10(12)11(16(2)15-6)7-3-4-8(13)9(14)5-7/h3-5H,1-2H3. The lowest BCUT2D eigenvalue weighted by Gasteiger charge is -2.04. The third-order valence-electron chi connectivity index (χ3n) is 2.34. The molecule has 0 spiro atoms. The van der Waals surface area contributed by atoms with Gasteiger partial charge in [0.25, 0.3) is 0 Å². The number of aromatic nitrogens is 2. The Hall–Kier alpha value is -0.510. The van der Waals surface area contributed by atoms with Gasteiger partial charge in [-0.2, -0.15) is 5.10 Å². The molecule has 0 saturated heterocycles. The van der Waals surface area contributed by atoms with Crippen LogP contribution in [0.4, 0.5) is 0 Å².